The van der Waals surface area contributed by atoms with Gasteiger partial charge in [0.05, 0.1) is 11.3 Å². The van der Waals surface area contributed by atoms with Gasteiger partial charge in [-0.25, -0.2) is 0 Å². The molecule has 22 heavy (non-hydrogen) atoms. The van der Waals surface area contributed by atoms with E-state index in [-0.39, 0.29) is 17.5 Å². The van der Waals surface area contributed by atoms with Crippen molar-refractivity contribution in [3.63, 3.8) is 0 Å². The fraction of sp³-hybridized carbons (Fsp3) is 0.467. The van der Waals surface area contributed by atoms with Crippen LogP contribution in [-0.2, 0) is 15.8 Å². The molecule has 4 nitrogen and oxygen atoms in total. The monoisotopic (exact) mass is 314 g/mol. The van der Waals surface area contributed by atoms with Crippen LogP contribution in [0.15, 0.2) is 24.3 Å². The number of hydrogen-bond donors (Lipinski definition) is 1. The maximum absolute atomic E-state index is 12.9. The predicted molar refractivity (Wildman–Crippen MR) is 75.1 cm³/mol. The molecule has 1 N–H and O–H groups in total. The van der Waals surface area contributed by atoms with Crippen LogP contribution in [0.5, 0.6) is 0 Å². The van der Waals surface area contributed by atoms with Crippen LogP contribution < -0.4 is 5.32 Å². The summed E-state index contributed by atoms with van der Waals surface area (Å²) in [4.78, 5) is 25.0. The quantitative estimate of drug-likeness (QED) is 0.912. The Labute approximate surface area is 126 Å². The zero-order valence-corrected chi connectivity index (χ0v) is 12.1. The first-order chi connectivity index (χ1) is 10.3. The Morgan fingerprint density at radius 2 is 1.77 bits per heavy atom. The minimum absolute atomic E-state index is 0.0544. The van der Waals surface area contributed by atoms with Crippen molar-refractivity contribution in [2.24, 2.45) is 5.92 Å². The van der Waals surface area contributed by atoms with Gasteiger partial charge in [-0.1, -0.05) is 12.1 Å². The average Bonchev–Trinajstić information content (AvgIpc) is 2.46. The van der Waals surface area contributed by atoms with E-state index >= 15 is 0 Å². The van der Waals surface area contributed by atoms with Crippen LogP contribution >= 0.6 is 0 Å². The van der Waals surface area contributed by atoms with Crippen molar-refractivity contribution in [3.8, 4) is 0 Å². The van der Waals surface area contributed by atoms with E-state index in [4.69, 9.17) is 0 Å². The van der Waals surface area contributed by atoms with Crippen molar-refractivity contribution >= 4 is 17.5 Å². The maximum atomic E-state index is 12.9. The third-order valence-electron chi connectivity index (χ3n) is 3.80. The smallest absolute Gasteiger partial charge is 0.343 e. The van der Waals surface area contributed by atoms with Gasteiger partial charge in [0.15, 0.2) is 0 Å². The molecule has 1 saturated heterocycles. The number of halogens is 3. The van der Waals surface area contributed by atoms with Crippen LogP contribution in [0.25, 0.3) is 0 Å². The van der Waals surface area contributed by atoms with Crippen molar-refractivity contribution in [3.05, 3.63) is 29.8 Å². The first kappa shape index (κ1) is 16.3. The standard InChI is InChI=1S/C15H17F3N2O2/c1-10(21)20-8-6-11(7-9-20)14(22)19-13-5-3-2-4-12(13)15(16,17)18/h2-5,11H,6-9H2,1H3,(H,19,22). The number of likely N-dealkylation sites (tertiary alicyclic amines) is 1. The SMILES string of the molecule is CC(=O)N1CCC(C(=O)Nc2ccccc2C(F)(F)F)CC1. The lowest BCUT2D eigenvalue weighted by molar-refractivity contribution is -0.137. The van der Waals surface area contributed by atoms with Crippen LogP contribution in [0.2, 0.25) is 0 Å². The Hall–Kier alpha value is -2.05. The van der Waals surface area contributed by atoms with E-state index in [0.29, 0.717) is 25.9 Å². The number of alkyl halides is 3. The number of piperidine rings is 1. The Morgan fingerprint density at radius 1 is 1.18 bits per heavy atom. The van der Waals surface area contributed by atoms with Gasteiger partial charge < -0.3 is 10.2 Å². The molecule has 2 amide bonds. The second-order valence-corrected chi connectivity index (χ2v) is 5.31. The number of para-hydroxylation sites is 1. The Morgan fingerprint density at radius 3 is 2.32 bits per heavy atom. The number of carbonyl (C=O) groups excluding carboxylic acids is 2. The van der Waals surface area contributed by atoms with E-state index in [9.17, 15) is 22.8 Å². The largest absolute Gasteiger partial charge is 0.418 e. The summed E-state index contributed by atoms with van der Waals surface area (Å²) in [6.07, 6.45) is -3.60. The first-order valence-electron chi connectivity index (χ1n) is 7.01. The van der Waals surface area contributed by atoms with Gasteiger partial charge in [0.2, 0.25) is 11.8 Å². The van der Waals surface area contributed by atoms with E-state index in [1.165, 1.54) is 25.1 Å². The molecule has 7 heteroatoms. The Kier molecular flexibility index (Phi) is 4.73. The molecule has 0 saturated carbocycles. The van der Waals surface area contributed by atoms with Crippen molar-refractivity contribution in [2.75, 3.05) is 18.4 Å². The molecule has 0 bridgehead atoms. The second kappa shape index (κ2) is 6.37. The summed E-state index contributed by atoms with van der Waals surface area (Å²) in [5.74, 6) is -0.863. The molecule has 1 aromatic carbocycles. The zero-order chi connectivity index (χ0) is 16.3. The highest BCUT2D eigenvalue weighted by atomic mass is 19.4. The molecule has 120 valence electrons. The van der Waals surface area contributed by atoms with E-state index in [0.717, 1.165) is 6.07 Å². The van der Waals surface area contributed by atoms with Crippen molar-refractivity contribution in [1.29, 1.82) is 0 Å². The Bertz CT molecular complexity index is 564. The lowest BCUT2D eigenvalue weighted by Crippen LogP contribution is -2.40. The van der Waals surface area contributed by atoms with E-state index in [1.54, 1.807) is 4.90 Å². The summed E-state index contributed by atoms with van der Waals surface area (Å²) in [6, 6.07) is 4.91. The summed E-state index contributed by atoms with van der Waals surface area (Å²) in [5, 5.41) is 2.37. The highest BCUT2D eigenvalue weighted by molar-refractivity contribution is 5.93. The van der Waals surface area contributed by atoms with Gasteiger partial charge in [0.1, 0.15) is 0 Å². The number of nitrogens with one attached hydrogen (secondary N) is 1. The average molecular weight is 314 g/mol. The molecule has 1 heterocycles. The Balaban J connectivity index is 2.03. The molecule has 1 aromatic rings. The van der Waals surface area contributed by atoms with Gasteiger partial charge in [-0.05, 0) is 25.0 Å². The van der Waals surface area contributed by atoms with Crippen LogP contribution in [0.3, 0.4) is 0 Å². The normalized spacial score (nSPS) is 16.5. The molecule has 0 spiro atoms. The topological polar surface area (TPSA) is 49.4 Å². The van der Waals surface area contributed by atoms with Gasteiger partial charge in [0, 0.05) is 25.9 Å². The maximum Gasteiger partial charge on any atom is 0.418 e. The molecule has 0 radical (unpaired) electrons. The number of amides is 2. The second-order valence-electron chi connectivity index (χ2n) is 5.31. The van der Waals surface area contributed by atoms with Gasteiger partial charge in [0.25, 0.3) is 0 Å². The number of anilines is 1. The fourth-order valence-corrected chi connectivity index (χ4v) is 2.53. The molecule has 1 aliphatic heterocycles. The molecule has 0 aromatic heterocycles. The van der Waals surface area contributed by atoms with Gasteiger partial charge in [-0.2, -0.15) is 13.2 Å². The number of rotatable bonds is 2. The number of nitrogens with zero attached hydrogens (tertiary/aromatic N) is 1. The lowest BCUT2D eigenvalue weighted by Gasteiger charge is -2.30. The highest BCUT2D eigenvalue weighted by Crippen LogP contribution is 2.35. The lowest BCUT2D eigenvalue weighted by atomic mass is 9.95. The molecule has 1 aliphatic rings. The van der Waals surface area contributed by atoms with Crippen LogP contribution in [0, 0.1) is 5.92 Å². The zero-order valence-electron chi connectivity index (χ0n) is 12.1. The van der Waals surface area contributed by atoms with Gasteiger partial charge >= 0.3 is 6.18 Å². The minimum Gasteiger partial charge on any atom is -0.343 e. The van der Waals surface area contributed by atoms with Crippen molar-refractivity contribution in [2.45, 2.75) is 25.9 Å². The van der Waals surface area contributed by atoms with E-state index in [1.807, 2.05) is 0 Å². The van der Waals surface area contributed by atoms with Crippen molar-refractivity contribution in [1.82, 2.24) is 4.90 Å². The molecule has 0 atom stereocenters. The summed E-state index contributed by atoms with van der Waals surface area (Å²) in [5.41, 5.74) is -1.08. The third kappa shape index (κ3) is 3.78. The molecule has 2 rings (SSSR count). The van der Waals surface area contributed by atoms with E-state index < -0.39 is 17.6 Å². The van der Waals surface area contributed by atoms with E-state index in [2.05, 4.69) is 5.32 Å². The fourth-order valence-electron chi connectivity index (χ4n) is 2.53. The summed E-state index contributed by atoms with van der Waals surface area (Å²) >= 11 is 0. The summed E-state index contributed by atoms with van der Waals surface area (Å²) < 4.78 is 38.7. The molecule has 1 fully saturated rings. The predicted octanol–water partition coefficient (Wildman–Crippen LogP) is 2.90. The number of benzene rings is 1. The minimum atomic E-state index is -4.51. The van der Waals surface area contributed by atoms with Gasteiger partial charge in [-0.15, -0.1) is 0 Å². The van der Waals surface area contributed by atoms with Crippen molar-refractivity contribution < 1.29 is 22.8 Å². The van der Waals surface area contributed by atoms with Crippen LogP contribution in [-0.4, -0.2) is 29.8 Å². The molecule has 0 aliphatic carbocycles. The number of hydrogen-bond acceptors (Lipinski definition) is 2. The third-order valence-corrected chi connectivity index (χ3v) is 3.80. The van der Waals surface area contributed by atoms with Crippen LogP contribution in [0.4, 0.5) is 18.9 Å². The molecular formula is C15H17F3N2O2. The van der Waals surface area contributed by atoms with Gasteiger partial charge in [-0.3, -0.25) is 9.59 Å². The summed E-state index contributed by atoms with van der Waals surface area (Å²) in [6.45, 7) is 2.36. The summed E-state index contributed by atoms with van der Waals surface area (Å²) in [7, 11) is 0. The van der Waals surface area contributed by atoms with Crippen LogP contribution in [0.1, 0.15) is 25.3 Å². The molecule has 0 unspecified atom stereocenters. The highest BCUT2D eigenvalue weighted by Gasteiger charge is 2.34. The molecular weight excluding hydrogens is 297 g/mol. The number of carbonyl (C=O) groups is 2. The first-order valence-corrected chi connectivity index (χ1v) is 7.01.